The van der Waals surface area contributed by atoms with Gasteiger partial charge in [0, 0.05) is 76.8 Å². The van der Waals surface area contributed by atoms with E-state index in [0.29, 0.717) is 17.9 Å². The van der Waals surface area contributed by atoms with Gasteiger partial charge in [-0.25, -0.2) is 0 Å². The van der Waals surface area contributed by atoms with Crippen molar-refractivity contribution in [2.24, 2.45) is 5.92 Å². The summed E-state index contributed by atoms with van der Waals surface area (Å²) in [5, 5.41) is 0. The summed E-state index contributed by atoms with van der Waals surface area (Å²) < 4.78 is 0. The first kappa shape index (κ1) is 32.0. The normalized spacial score (nSPS) is 22.3. The van der Waals surface area contributed by atoms with Crippen LogP contribution in [0.2, 0.25) is 0 Å². The number of carbonyl (C=O) groups excluding carboxylic acids is 3. The first-order valence-electron chi connectivity index (χ1n) is 14.5. The largest absolute Gasteiger partial charge is 0.371 e. The Bertz CT molecular complexity index is 695. The highest BCUT2D eigenvalue weighted by atomic mass is 16.2. The molecule has 3 amide bonds. The average Bonchev–Trinajstić information content (AvgIpc) is 3.26. The maximum atomic E-state index is 11.4. The molecule has 0 aromatic rings. The van der Waals surface area contributed by atoms with E-state index in [9.17, 15) is 14.4 Å². The van der Waals surface area contributed by atoms with Crippen LogP contribution in [0, 0.1) is 5.92 Å². The molecule has 1 atom stereocenters. The standard InChI is InChI=1S/C15H25N3O2.C9H15NO.C3H8.C2H6/c1-4-15(12(2)14-9-16(10-14)11-19)18-7-5-17(6-8-18)13(3)20;11-9-6-2-1-4-8-5-3-7-10(8)9;1-3-2;1-2/h11,14H,4-10H2,1-3H3;8H,1-7H2;3H2,1-2H3;1-2H3/b15-12-;;;. The molecule has 0 aliphatic carbocycles. The number of nitrogens with zero attached hydrogens (tertiary/aromatic N) is 4. The number of hydrogen-bond donors (Lipinski definition) is 0. The van der Waals surface area contributed by atoms with Crippen molar-refractivity contribution in [2.45, 2.75) is 106 Å². The predicted octanol–water partition coefficient (Wildman–Crippen LogP) is 4.92. The van der Waals surface area contributed by atoms with E-state index in [1.807, 2.05) is 23.6 Å². The molecule has 4 aliphatic heterocycles. The van der Waals surface area contributed by atoms with E-state index in [2.05, 4.69) is 37.5 Å². The van der Waals surface area contributed by atoms with Gasteiger partial charge in [-0.3, -0.25) is 14.4 Å². The van der Waals surface area contributed by atoms with Crippen LogP contribution in [0.4, 0.5) is 0 Å². The van der Waals surface area contributed by atoms with Crippen LogP contribution in [-0.2, 0) is 14.4 Å². The highest BCUT2D eigenvalue weighted by Gasteiger charge is 2.31. The molecule has 0 N–H and O–H groups in total. The van der Waals surface area contributed by atoms with Gasteiger partial charge >= 0.3 is 0 Å². The highest BCUT2D eigenvalue weighted by Crippen LogP contribution is 2.28. The summed E-state index contributed by atoms with van der Waals surface area (Å²) in [5.74, 6) is 1.09. The maximum absolute atomic E-state index is 11.4. The van der Waals surface area contributed by atoms with Crippen molar-refractivity contribution in [1.29, 1.82) is 0 Å². The van der Waals surface area contributed by atoms with Crippen molar-refractivity contribution < 1.29 is 14.4 Å². The van der Waals surface area contributed by atoms with Crippen molar-refractivity contribution in [1.82, 2.24) is 19.6 Å². The average molecular weight is 507 g/mol. The first-order valence-corrected chi connectivity index (χ1v) is 14.5. The van der Waals surface area contributed by atoms with Gasteiger partial charge in [-0.15, -0.1) is 0 Å². The molecule has 1 unspecified atom stereocenters. The zero-order valence-corrected chi connectivity index (χ0v) is 24.4. The number of carbonyl (C=O) groups is 3. The third kappa shape index (κ3) is 9.44. The molecule has 7 heteroatoms. The lowest BCUT2D eigenvalue weighted by atomic mass is 9.90. The van der Waals surface area contributed by atoms with E-state index < -0.39 is 0 Å². The van der Waals surface area contributed by atoms with E-state index in [1.54, 1.807) is 6.92 Å². The molecular formula is C29H54N4O3. The minimum atomic E-state index is 0.170. The zero-order chi connectivity index (χ0) is 27.1. The van der Waals surface area contributed by atoms with Gasteiger partial charge in [-0.05, 0) is 44.6 Å². The van der Waals surface area contributed by atoms with E-state index in [0.717, 1.165) is 71.5 Å². The molecule has 4 saturated heterocycles. The lowest BCUT2D eigenvalue weighted by Crippen LogP contribution is -2.49. The summed E-state index contributed by atoms with van der Waals surface area (Å²) in [7, 11) is 0. The van der Waals surface area contributed by atoms with E-state index >= 15 is 0 Å². The van der Waals surface area contributed by atoms with Gasteiger partial charge in [-0.2, -0.15) is 0 Å². The number of allylic oxidation sites excluding steroid dienone is 1. The fourth-order valence-electron chi connectivity index (χ4n) is 5.42. The van der Waals surface area contributed by atoms with Crippen molar-refractivity contribution in [3.63, 3.8) is 0 Å². The number of rotatable bonds is 4. The van der Waals surface area contributed by atoms with Crippen LogP contribution in [0.1, 0.15) is 99.8 Å². The number of amides is 3. The topological polar surface area (TPSA) is 64.2 Å². The number of piperazine rings is 1. The Morgan fingerprint density at radius 3 is 1.97 bits per heavy atom. The fraction of sp³-hybridized carbons (Fsp3) is 0.828. The molecule has 0 saturated carbocycles. The lowest BCUT2D eigenvalue weighted by molar-refractivity contribution is -0.131. The first-order chi connectivity index (χ1) is 17.4. The molecule has 0 aromatic carbocycles. The molecule has 7 nitrogen and oxygen atoms in total. The molecule has 4 fully saturated rings. The molecule has 4 aliphatic rings. The van der Waals surface area contributed by atoms with Crippen LogP contribution < -0.4 is 0 Å². The third-order valence-corrected chi connectivity index (χ3v) is 7.44. The lowest BCUT2D eigenvalue weighted by Gasteiger charge is -2.42. The van der Waals surface area contributed by atoms with Gasteiger partial charge in [0.1, 0.15) is 0 Å². The zero-order valence-electron chi connectivity index (χ0n) is 24.4. The molecule has 0 bridgehead atoms. The minimum absolute atomic E-state index is 0.170. The molecule has 4 rings (SSSR count). The Kier molecular flexibility index (Phi) is 15.5. The maximum Gasteiger partial charge on any atom is 0.222 e. The van der Waals surface area contributed by atoms with Crippen LogP contribution in [0.5, 0.6) is 0 Å². The summed E-state index contributed by atoms with van der Waals surface area (Å²) in [6.45, 7) is 20.5. The van der Waals surface area contributed by atoms with Crippen LogP contribution >= 0.6 is 0 Å². The Morgan fingerprint density at radius 2 is 1.44 bits per heavy atom. The van der Waals surface area contributed by atoms with Gasteiger partial charge < -0.3 is 19.6 Å². The van der Waals surface area contributed by atoms with Crippen molar-refractivity contribution >= 4 is 18.2 Å². The summed E-state index contributed by atoms with van der Waals surface area (Å²) in [6.07, 6.45) is 10.1. The van der Waals surface area contributed by atoms with Gasteiger partial charge in [0.2, 0.25) is 18.2 Å². The minimum Gasteiger partial charge on any atom is -0.371 e. The molecule has 208 valence electrons. The second kappa shape index (κ2) is 17.4. The Hall–Kier alpha value is -2.05. The van der Waals surface area contributed by atoms with Gasteiger partial charge in [0.05, 0.1) is 0 Å². The van der Waals surface area contributed by atoms with Crippen LogP contribution in [-0.4, -0.2) is 89.7 Å². The fourth-order valence-corrected chi connectivity index (χ4v) is 5.42. The van der Waals surface area contributed by atoms with E-state index in [4.69, 9.17) is 0 Å². The third-order valence-electron chi connectivity index (χ3n) is 7.44. The van der Waals surface area contributed by atoms with E-state index in [-0.39, 0.29) is 5.91 Å². The number of likely N-dealkylation sites (tertiary alicyclic amines) is 1. The van der Waals surface area contributed by atoms with Crippen molar-refractivity contribution in [3.8, 4) is 0 Å². The summed E-state index contributed by atoms with van der Waals surface area (Å²) in [6, 6.07) is 0.616. The molecular weight excluding hydrogens is 452 g/mol. The SMILES string of the molecule is CC.CC/C(=C(\C)C1CN(C=O)C1)N1CCN(C(C)=O)CC1.CCC.O=C1CCCCC2CCCN12. The van der Waals surface area contributed by atoms with Crippen LogP contribution in [0.25, 0.3) is 0 Å². The summed E-state index contributed by atoms with van der Waals surface area (Å²) >= 11 is 0. The van der Waals surface area contributed by atoms with Gasteiger partial charge in [0.15, 0.2) is 0 Å². The Morgan fingerprint density at radius 1 is 0.889 bits per heavy atom. The molecule has 0 aromatic heterocycles. The van der Waals surface area contributed by atoms with E-state index in [1.165, 1.54) is 43.4 Å². The summed E-state index contributed by atoms with van der Waals surface area (Å²) in [4.78, 5) is 41.7. The van der Waals surface area contributed by atoms with Crippen LogP contribution in [0.3, 0.4) is 0 Å². The second-order valence-corrected chi connectivity index (χ2v) is 10.1. The number of hydrogen-bond acceptors (Lipinski definition) is 4. The predicted molar refractivity (Wildman–Crippen MR) is 148 cm³/mol. The second-order valence-electron chi connectivity index (χ2n) is 10.1. The van der Waals surface area contributed by atoms with Crippen molar-refractivity contribution in [2.75, 3.05) is 45.8 Å². The Balaban J connectivity index is 0.000000339. The molecule has 0 spiro atoms. The molecule has 4 heterocycles. The van der Waals surface area contributed by atoms with Crippen molar-refractivity contribution in [3.05, 3.63) is 11.3 Å². The smallest absolute Gasteiger partial charge is 0.222 e. The van der Waals surface area contributed by atoms with Gasteiger partial charge in [0.25, 0.3) is 0 Å². The summed E-state index contributed by atoms with van der Waals surface area (Å²) in [5.41, 5.74) is 2.82. The van der Waals surface area contributed by atoms with Gasteiger partial charge in [-0.1, -0.05) is 47.5 Å². The molecule has 0 radical (unpaired) electrons. The van der Waals surface area contributed by atoms with Crippen LogP contribution in [0.15, 0.2) is 11.3 Å². The Labute approximate surface area is 221 Å². The highest BCUT2D eigenvalue weighted by molar-refractivity contribution is 5.77. The number of fused-ring (bicyclic) bond motifs is 1. The monoisotopic (exact) mass is 506 g/mol. The molecule has 36 heavy (non-hydrogen) atoms. The quantitative estimate of drug-likeness (QED) is 0.508.